The van der Waals surface area contributed by atoms with E-state index in [0.29, 0.717) is 22.4 Å². The fraction of sp³-hybridized carbons (Fsp3) is 0.136. The van der Waals surface area contributed by atoms with Crippen molar-refractivity contribution in [3.05, 3.63) is 93.0 Å². The van der Waals surface area contributed by atoms with Crippen LogP contribution in [-0.2, 0) is 6.61 Å². The highest BCUT2D eigenvalue weighted by Crippen LogP contribution is 2.27. The summed E-state index contributed by atoms with van der Waals surface area (Å²) in [6.45, 7) is 4.54. The van der Waals surface area contributed by atoms with E-state index in [4.69, 9.17) is 27.9 Å². The first kappa shape index (κ1) is 18.5. The number of ether oxygens (including phenoxy) is 1. The molecule has 0 N–H and O–H groups in total. The number of aryl methyl sites for hydroxylation is 2. The summed E-state index contributed by atoms with van der Waals surface area (Å²) in [5, 5.41) is 1.22. The summed E-state index contributed by atoms with van der Waals surface area (Å²) in [5.41, 5.74) is 5.24. The maximum Gasteiger partial charge on any atom is 0.138 e. The molecule has 0 fully saturated rings. The van der Waals surface area contributed by atoms with Crippen LogP contribution in [0.2, 0.25) is 10.0 Å². The molecule has 0 atom stereocenters. The van der Waals surface area contributed by atoms with E-state index in [0.717, 1.165) is 16.8 Å². The number of hydrogen-bond donors (Lipinski definition) is 0. The van der Waals surface area contributed by atoms with Crippen molar-refractivity contribution in [2.45, 2.75) is 20.5 Å². The standard InChI is InChI=1S/C22H19Cl2NO/c1-15-7-9-19(11-16(15)2)25-13-17-8-10-22(21(24)12-17)26-14-18-5-3-4-6-20(18)23/h3-13H,14H2,1-2H3. The fourth-order valence-corrected chi connectivity index (χ4v) is 2.87. The third-order valence-electron chi connectivity index (χ3n) is 4.15. The average molecular weight is 384 g/mol. The van der Waals surface area contributed by atoms with E-state index in [1.165, 1.54) is 11.1 Å². The summed E-state index contributed by atoms with van der Waals surface area (Å²) >= 11 is 12.5. The van der Waals surface area contributed by atoms with Crippen molar-refractivity contribution >= 4 is 35.1 Å². The van der Waals surface area contributed by atoms with Gasteiger partial charge in [0.1, 0.15) is 12.4 Å². The number of halogens is 2. The Morgan fingerprint density at radius 3 is 2.42 bits per heavy atom. The molecule has 0 aliphatic rings. The molecule has 3 rings (SSSR count). The minimum absolute atomic E-state index is 0.371. The van der Waals surface area contributed by atoms with Crippen LogP contribution in [0.1, 0.15) is 22.3 Å². The van der Waals surface area contributed by atoms with E-state index in [9.17, 15) is 0 Å². The Labute approximate surface area is 164 Å². The maximum absolute atomic E-state index is 6.34. The molecule has 0 aromatic heterocycles. The Morgan fingerprint density at radius 2 is 1.69 bits per heavy atom. The van der Waals surface area contributed by atoms with Crippen LogP contribution in [0, 0.1) is 13.8 Å². The van der Waals surface area contributed by atoms with Gasteiger partial charge in [-0.2, -0.15) is 0 Å². The highest BCUT2D eigenvalue weighted by molar-refractivity contribution is 6.32. The SMILES string of the molecule is Cc1ccc(N=Cc2ccc(OCc3ccccc3Cl)c(Cl)c2)cc1C. The van der Waals surface area contributed by atoms with E-state index in [-0.39, 0.29) is 0 Å². The molecule has 0 unspecified atom stereocenters. The van der Waals surface area contributed by atoms with Crippen LogP contribution >= 0.6 is 23.2 Å². The van der Waals surface area contributed by atoms with Gasteiger partial charge in [-0.15, -0.1) is 0 Å². The minimum atomic E-state index is 0.371. The second kappa shape index (κ2) is 8.39. The molecule has 0 saturated carbocycles. The molecule has 4 heteroatoms. The second-order valence-electron chi connectivity index (χ2n) is 6.10. The van der Waals surface area contributed by atoms with Gasteiger partial charge in [-0.05, 0) is 66.9 Å². The molecule has 26 heavy (non-hydrogen) atoms. The summed E-state index contributed by atoms with van der Waals surface area (Å²) in [7, 11) is 0. The zero-order chi connectivity index (χ0) is 18.5. The van der Waals surface area contributed by atoms with Crippen LogP contribution in [0.5, 0.6) is 5.75 Å². The number of hydrogen-bond acceptors (Lipinski definition) is 2. The molecule has 0 amide bonds. The van der Waals surface area contributed by atoms with Gasteiger partial charge in [0.05, 0.1) is 10.7 Å². The highest BCUT2D eigenvalue weighted by atomic mass is 35.5. The Bertz CT molecular complexity index is 951. The monoisotopic (exact) mass is 383 g/mol. The van der Waals surface area contributed by atoms with E-state index in [1.807, 2.05) is 48.5 Å². The molecule has 3 aromatic carbocycles. The normalized spacial score (nSPS) is 11.1. The smallest absolute Gasteiger partial charge is 0.138 e. The first-order valence-electron chi connectivity index (χ1n) is 8.30. The zero-order valence-corrected chi connectivity index (χ0v) is 16.2. The van der Waals surface area contributed by atoms with Gasteiger partial charge in [-0.1, -0.05) is 47.5 Å². The van der Waals surface area contributed by atoms with Crippen LogP contribution in [0.15, 0.2) is 65.7 Å². The van der Waals surface area contributed by atoms with Crippen molar-refractivity contribution in [3.8, 4) is 5.75 Å². The van der Waals surface area contributed by atoms with Gasteiger partial charge in [0.2, 0.25) is 0 Å². The van der Waals surface area contributed by atoms with Gasteiger partial charge in [-0.3, -0.25) is 4.99 Å². The predicted octanol–water partition coefficient (Wildman–Crippen LogP) is 6.94. The van der Waals surface area contributed by atoms with Gasteiger partial charge in [0, 0.05) is 16.8 Å². The Kier molecular flexibility index (Phi) is 5.97. The summed E-state index contributed by atoms with van der Waals surface area (Å²) in [6.07, 6.45) is 1.80. The third kappa shape index (κ3) is 4.66. The number of rotatable bonds is 5. The van der Waals surface area contributed by atoms with Gasteiger partial charge < -0.3 is 4.74 Å². The van der Waals surface area contributed by atoms with Crippen LogP contribution in [0.25, 0.3) is 0 Å². The molecule has 132 valence electrons. The predicted molar refractivity (Wildman–Crippen MR) is 110 cm³/mol. The van der Waals surface area contributed by atoms with Gasteiger partial charge in [-0.25, -0.2) is 0 Å². The maximum atomic E-state index is 6.34. The van der Waals surface area contributed by atoms with E-state index < -0.39 is 0 Å². The second-order valence-corrected chi connectivity index (χ2v) is 6.91. The van der Waals surface area contributed by atoms with Crippen LogP contribution in [0.4, 0.5) is 5.69 Å². The van der Waals surface area contributed by atoms with Crippen molar-refractivity contribution in [1.29, 1.82) is 0 Å². The van der Waals surface area contributed by atoms with Crippen molar-refractivity contribution in [3.63, 3.8) is 0 Å². The van der Waals surface area contributed by atoms with Crippen molar-refractivity contribution in [2.24, 2.45) is 4.99 Å². The lowest BCUT2D eigenvalue weighted by Gasteiger charge is -2.09. The number of nitrogens with zero attached hydrogens (tertiary/aromatic N) is 1. The first-order chi connectivity index (χ1) is 12.5. The van der Waals surface area contributed by atoms with Crippen molar-refractivity contribution in [1.82, 2.24) is 0 Å². The molecule has 3 aromatic rings. The Hall–Kier alpha value is -2.29. The topological polar surface area (TPSA) is 21.6 Å². The molecule has 0 bridgehead atoms. The summed E-state index contributed by atoms with van der Waals surface area (Å²) in [6, 6.07) is 19.3. The molecule has 0 saturated heterocycles. The molecule has 2 nitrogen and oxygen atoms in total. The largest absolute Gasteiger partial charge is 0.487 e. The van der Waals surface area contributed by atoms with Crippen molar-refractivity contribution in [2.75, 3.05) is 0 Å². The van der Waals surface area contributed by atoms with Gasteiger partial charge in [0.15, 0.2) is 0 Å². The first-order valence-corrected chi connectivity index (χ1v) is 9.05. The lowest BCUT2D eigenvalue weighted by Crippen LogP contribution is -1.97. The van der Waals surface area contributed by atoms with Gasteiger partial charge in [0.25, 0.3) is 0 Å². The quantitative estimate of drug-likeness (QED) is 0.437. The van der Waals surface area contributed by atoms with Crippen LogP contribution < -0.4 is 4.74 Å². The average Bonchev–Trinajstić information content (AvgIpc) is 2.63. The van der Waals surface area contributed by atoms with Crippen LogP contribution in [-0.4, -0.2) is 6.21 Å². The molecular weight excluding hydrogens is 365 g/mol. The van der Waals surface area contributed by atoms with Crippen molar-refractivity contribution < 1.29 is 4.74 Å². The molecule has 0 spiro atoms. The summed E-state index contributed by atoms with van der Waals surface area (Å²) < 4.78 is 5.79. The number of benzene rings is 3. The van der Waals surface area contributed by atoms with Gasteiger partial charge >= 0.3 is 0 Å². The van der Waals surface area contributed by atoms with E-state index in [2.05, 4.69) is 31.0 Å². The molecule has 0 heterocycles. The summed E-state index contributed by atoms with van der Waals surface area (Å²) in [5.74, 6) is 0.620. The van der Waals surface area contributed by atoms with Crippen LogP contribution in [0.3, 0.4) is 0 Å². The number of aliphatic imine (C=N–C) groups is 1. The Morgan fingerprint density at radius 1 is 0.885 bits per heavy atom. The lowest BCUT2D eigenvalue weighted by atomic mass is 10.1. The highest BCUT2D eigenvalue weighted by Gasteiger charge is 2.05. The summed E-state index contributed by atoms with van der Waals surface area (Å²) in [4.78, 5) is 4.51. The molecule has 0 aliphatic heterocycles. The molecular formula is C22H19Cl2NO. The Balaban J connectivity index is 1.70. The van der Waals surface area contributed by atoms with E-state index in [1.54, 1.807) is 6.21 Å². The lowest BCUT2D eigenvalue weighted by molar-refractivity contribution is 0.306. The molecule has 0 radical (unpaired) electrons. The molecule has 0 aliphatic carbocycles. The third-order valence-corrected chi connectivity index (χ3v) is 4.81. The minimum Gasteiger partial charge on any atom is -0.487 e. The fourth-order valence-electron chi connectivity index (χ4n) is 2.44. The van der Waals surface area contributed by atoms with E-state index >= 15 is 0 Å². The zero-order valence-electron chi connectivity index (χ0n) is 14.7.